The number of rotatable bonds is 5. The van der Waals surface area contributed by atoms with Gasteiger partial charge in [0, 0.05) is 59.4 Å². The second-order valence-electron chi connectivity index (χ2n) is 10.6. The monoisotopic (exact) mass is 491 g/mol. The van der Waals surface area contributed by atoms with Crippen molar-refractivity contribution >= 4 is 23.3 Å². The smallest absolute Gasteiger partial charge is 0.321 e. The van der Waals surface area contributed by atoms with E-state index in [1.165, 1.54) is 11.1 Å². The molecule has 0 unspecified atom stereocenters. The van der Waals surface area contributed by atoms with Gasteiger partial charge in [-0.05, 0) is 57.2 Å². The second kappa shape index (κ2) is 11.3. The summed E-state index contributed by atoms with van der Waals surface area (Å²) < 4.78 is 0. The Kier molecular flexibility index (Phi) is 8.19. The SMILES string of the molecule is Cc1ccc(C2CCN(C(=O)Nc3c(C(=O)N(C)C)cccc3N3CCN(C(C)C)CC3)CC2)cc1. The number of nitrogens with one attached hydrogen (secondary N) is 1. The first kappa shape index (κ1) is 26.0. The van der Waals surface area contributed by atoms with E-state index in [1.54, 1.807) is 19.0 Å². The number of benzene rings is 2. The third-order valence-electron chi connectivity index (χ3n) is 7.63. The Bertz CT molecular complexity index is 1050. The van der Waals surface area contributed by atoms with E-state index < -0.39 is 0 Å². The first-order valence-electron chi connectivity index (χ1n) is 13.2. The molecule has 2 aliphatic rings. The van der Waals surface area contributed by atoms with Crippen molar-refractivity contribution in [2.45, 2.75) is 45.6 Å². The maximum atomic E-state index is 13.4. The number of anilines is 2. The van der Waals surface area contributed by atoms with E-state index in [1.807, 2.05) is 23.1 Å². The van der Waals surface area contributed by atoms with Crippen LogP contribution in [0.25, 0.3) is 0 Å². The molecule has 0 radical (unpaired) electrons. The topological polar surface area (TPSA) is 59.1 Å². The van der Waals surface area contributed by atoms with E-state index in [4.69, 9.17) is 0 Å². The van der Waals surface area contributed by atoms with Gasteiger partial charge in [0.1, 0.15) is 0 Å². The number of nitrogens with zero attached hydrogens (tertiary/aromatic N) is 4. The Labute approximate surface area is 216 Å². The number of urea groups is 1. The Hall–Kier alpha value is -3.06. The maximum Gasteiger partial charge on any atom is 0.321 e. The minimum Gasteiger partial charge on any atom is -0.367 e. The summed E-state index contributed by atoms with van der Waals surface area (Å²) in [6.07, 6.45) is 1.89. The molecule has 3 amide bonds. The standard InChI is InChI=1S/C29H41N5O2/c1-21(2)32-17-19-33(20-18-32)26-8-6-7-25(28(35)31(4)5)27(26)30-29(36)34-15-13-24(14-16-34)23-11-9-22(3)10-12-23/h6-12,21,24H,13-20H2,1-5H3,(H,30,36). The number of hydrogen-bond donors (Lipinski definition) is 1. The molecule has 194 valence electrons. The predicted molar refractivity (Wildman–Crippen MR) is 147 cm³/mol. The van der Waals surface area contributed by atoms with Crippen molar-refractivity contribution < 1.29 is 9.59 Å². The number of hydrogen-bond acceptors (Lipinski definition) is 4. The highest BCUT2D eigenvalue weighted by Crippen LogP contribution is 2.33. The van der Waals surface area contributed by atoms with Crippen LogP contribution in [-0.4, -0.2) is 86.0 Å². The normalized spacial score (nSPS) is 17.4. The summed E-state index contributed by atoms with van der Waals surface area (Å²) in [7, 11) is 3.50. The van der Waals surface area contributed by atoms with Crippen LogP contribution in [0.4, 0.5) is 16.2 Å². The van der Waals surface area contributed by atoms with Gasteiger partial charge in [-0.15, -0.1) is 0 Å². The average molecular weight is 492 g/mol. The average Bonchev–Trinajstić information content (AvgIpc) is 2.89. The molecule has 36 heavy (non-hydrogen) atoms. The number of piperidine rings is 1. The molecule has 0 saturated carbocycles. The van der Waals surface area contributed by atoms with Crippen LogP contribution < -0.4 is 10.2 Å². The molecule has 0 aromatic heterocycles. The molecule has 2 saturated heterocycles. The molecule has 0 bridgehead atoms. The van der Waals surface area contributed by atoms with Gasteiger partial charge in [-0.25, -0.2) is 4.79 Å². The largest absolute Gasteiger partial charge is 0.367 e. The zero-order chi connectivity index (χ0) is 25.8. The van der Waals surface area contributed by atoms with Crippen molar-refractivity contribution in [2.24, 2.45) is 0 Å². The van der Waals surface area contributed by atoms with Crippen LogP contribution in [-0.2, 0) is 0 Å². The van der Waals surface area contributed by atoms with E-state index in [0.29, 0.717) is 36.3 Å². The first-order valence-corrected chi connectivity index (χ1v) is 13.2. The van der Waals surface area contributed by atoms with Gasteiger partial charge in [0.2, 0.25) is 0 Å². The second-order valence-corrected chi connectivity index (χ2v) is 10.6. The van der Waals surface area contributed by atoms with Crippen molar-refractivity contribution in [1.29, 1.82) is 0 Å². The number of likely N-dealkylation sites (tertiary alicyclic amines) is 1. The zero-order valence-electron chi connectivity index (χ0n) is 22.5. The van der Waals surface area contributed by atoms with Crippen molar-refractivity contribution in [1.82, 2.24) is 14.7 Å². The Morgan fingerprint density at radius 3 is 2.14 bits per heavy atom. The van der Waals surface area contributed by atoms with Gasteiger partial charge < -0.3 is 20.0 Å². The van der Waals surface area contributed by atoms with E-state index in [2.05, 4.69) is 60.2 Å². The minimum absolute atomic E-state index is 0.106. The number of piperazine rings is 1. The third-order valence-corrected chi connectivity index (χ3v) is 7.63. The fraction of sp³-hybridized carbons (Fsp3) is 0.517. The molecule has 7 heteroatoms. The number of carbonyl (C=O) groups is 2. The molecule has 1 N–H and O–H groups in total. The van der Waals surface area contributed by atoms with Gasteiger partial charge in [-0.3, -0.25) is 9.69 Å². The van der Waals surface area contributed by atoms with Gasteiger partial charge >= 0.3 is 6.03 Å². The lowest BCUT2D eigenvalue weighted by Crippen LogP contribution is -2.49. The molecule has 2 aromatic carbocycles. The van der Waals surface area contributed by atoms with Crippen LogP contribution in [0.2, 0.25) is 0 Å². The number of carbonyl (C=O) groups excluding carboxylic acids is 2. The molecule has 7 nitrogen and oxygen atoms in total. The van der Waals surface area contributed by atoms with E-state index in [0.717, 1.165) is 44.7 Å². The summed E-state index contributed by atoms with van der Waals surface area (Å²) in [5, 5.41) is 3.16. The lowest BCUT2D eigenvalue weighted by atomic mass is 9.89. The minimum atomic E-state index is -0.126. The van der Waals surface area contributed by atoms with Gasteiger partial charge in [-0.2, -0.15) is 0 Å². The molecule has 2 heterocycles. The van der Waals surface area contributed by atoms with Crippen LogP contribution in [0.3, 0.4) is 0 Å². The molecular weight excluding hydrogens is 450 g/mol. The highest BCUT2D eigenvalue weighted by atomic mass is 16.2. The molecule has 2 aromatic rings. The predicted octanol–water partition coefficient (Wildman–Crippen LogP) is 4.64. The van der Waals surface area contributed by atoms with Gasteiger partial charge in [0.05, 0.1) is 16.9 Å². The van der Waals surface area contributed by atoms with Crippen molar-refractivity contribution in [2.75, 3.05) is 63.6 Å². The first-order chi connectivity index (χ1) is 17.2. The Morgan fingerprint density at radius 1 is 0.917 bits per heavy atom. The summed E-state index contributed by atoms with van der Waals surface area (Å²) in [5.74, 6) is 0.371. The number of para-hydroxylation sites is 1. The summed E-state index contributed by atoms with van der Waals surface area (Å²) >= 11 is 0. The lowest BCUT2D eigenvalue weighted by molar-refractivity contribution is 0.0828. The van der Waals surface area contributed by atoms with Crippen molar-refractivity contribution in [3.05, 3.63) is 59.2 Å². The Morgan fingerprint density at radius 2 is 1.56 bits per heavy atom. The van der Waals surface area contributed by atoms with Crippen molar-refractivity contribution in [3.8, 4) is 0 Å². The lowest BCUT2D eigenvalue weighted by Gasteiger charge is -2.39. The zero-order valence-corrected chi connectivity index (χ0v) is 22.5. The van der Waals surface area contributed by atoms with E-state index >= 15 is 0 Å². The molecule has 0 atom stereocenters. The van der Waals surface area contributed by atoms with Crippen LogP contribution in [0, 0.1) is 6.92 Å². The van der Waals surface area contributed by atoms with Crippen LogP contribution >= 0.6 is 0 Å². The summed E-state index contributed by atoms with van der Waals surface area (Å²) in [6, 6.07) is 14.9. The van der Waals surface area contributed by atoms with Crippen LogP contribution in [0.5, 0.6) is 0 Å². The van der Waals surface area contributed by atoms with Crippen molar-refractivity contribution in [3.63, 3.8) is 0 Å². The maximum absolute atomic E-state index is 13.4. The molecule has 0 spiro atoms. The number of aryl methyl sites for hydroxylation is 1. The van der Waals surface area contributed by atoms with Gasteiger partial charge in [-0.1, -0.05) is 35.9 Å². The van der Waals surface area contributed by atoms with Crippen LogP contribution in [0.15, 0.2) is 42.5 Å². The summed E-state index contributed by atoms with van der Waals surface area (Å²) in [4.78, 5) is 34.7. The summed E-state index contributed by atoms with van der Waals surface area (Å²) in [6.45, 7) is 11.6. The molecule has 4 rings (SSSR count). The summed E-state index contributed by atoms with van der Waals surface area (Å²) in [5.41, 5.74) is 4.70. The molecule has 2 fully saturated rings. The third kappa shape index (κ3) is 5.84. The van der Waals surface area contributed by atoms with E-state index in [-0.39, 0.29) is 11.9 Å². The van der Waals surface area contributed by atoms with Gasteiger partial charge in [0.25, 0.3) is 5.91 Å². The quantitative estimate of drug-likeness (QED) is 0.662. The fourth-order valence-corrected chi connectivity index (χ4v) is 5.27. The highest BCUT2D eigenvalue weighted by molar-refractivity contribution is 6.06. The van der Waals surface area contributed by atoms with Gasteiger partial charge in [0.15, 0.2) is 0 Å². The van der Waals surface area contributed by atoms with E-state index in [9.17, 15) is 9.59 Å². The van der Waals surface area contributed by atoms with Crippen LogP contribution in [0.1, 0.15) is 54.1 Å². The molecule has 2 aliphatic heterocycles. The molecular formula is C29H41N5O2. The highest BCUT2D eigenvalue weighted by Gasteiger charge is 2.28. The number of amides is 3. The molecule has 0 aliphatic carbocycles. The fourth-order valence-electron chi connectivity index (χ4n) is 5.27. The Balaban J connectivity index is 1.50.